The van der Waals surface area contributed by atoms with Gasteiger partial charge in [0.25, 0.3) is 0 Å². The maximum absolute atomic E-state index is 13.7. The Morgan fingerprint density at radius 3 is 2.23 bits per heavy atom. The first-order chi connectivity index (χ1) is 10.3. The van der Waals surface area contributed by atoms with Gasteiger partial charge in [0, 0.05) is 0 Å². The Labute approximate surface area is 134 Å². The van der Waals surface area contributed by atoms with Crippen LogP contribution in [0.5, 0.6) is 0 Å². The van der Waals surface area contributed by atoms with Gasteiger partial charge >= 0.3 is 6.18 Å². The molecule has 0 radical (unpaired) electrons. The molecule has 2 rings (SSSR count). The third kappa shape index (κ3) is 3.86. The van der Waals surface area contributed by atoms with E-state index in [1.807, 2.05) is 0 Å². The summed E-state index contributed by atoms with van der Waals surface area (Å²) in [5, 5.41) is 4.57. The summed E-state index contributed by atoms with van der Waals surface area (Å²) in [6, 6.07) is 9.04. The van der Waals surface area contributed by atoms with Crippen molar-refractivity contribution in [3.8, 4) is 0 Å². The van der Waals surface area contributed by atoms with Crippen LogP contribution >= 0.6 is 23.8 Å². The SMILES string of the molecule is Fc1c(Cl)cccc1NC(=S)Nc1ccccc1C(F)(F)F. The second-order valence-electron chi connectivity index (χ2n) is 4.22. The summed E-state index contributed by atoms with van der Waals surface area (Å²) in [6.45, 7) is 0. The molecule has 2 N–H and O–H groups in total. The van der Waals surface area contributed by atoms with Crippen LogP contribution in [-0.2, 0) is 6.18 Å². The molecule has 0 aliphatic heterocycles. The van der Waals surface area contributed by atoms with Crippen molar-refractivity contribution < 1.29 is 17.6 Å². The predicted molar refractivity (Wildman–Crippen MR) is 82.7 cm³/mol. The molecule has 0 aliphatic rings. The van der Waals surface area contributed by atoms with Crippen molar-refractivity contribution in [3.63, 3.8) is 0 Å². The van der Waals surface area contributed by atoms with E-state index >= 15 is 0 Å². The zero-order valence-corrected chi connectivity index (χ0v) is 12.4. The Kier molecular flexibility index (Phi) is 4.87. The van der Waals surface area contributed by atoms with Crippen LogP contribution in [0.25, 0.3) is 0 Å². The van der Waals surface area contributed by atoms with Gasteiger partial charge in [-0.3, -0.25) is 0 Å². The molecule has 0 saturated carbocycles. The molecule has 8 heteroatoms. The van der Waals surface area contributed by atoms with E-state index in [2.05, 4.69) is 10.6 Å². The van der Waals surface area contributed by atoms with E-state index in [0.717, 1.165) is 6.07 Å². The molecule has 0 amide bonds. The first-order valence-corrected chi connectivity index (χ1v) is 6.76. The molecule has 0 bridgehead atoms. The van der Waals surface area contributed by atoms with Gasteiger partial charge in [0.2, 0.25) is 0 Å². The third-order valence-electron chi connectivity index (χ3n) is 2.68. The van der Waals surface area contributed by atoms with E-state index in [4.69, 9.17) is 23.8 Å². The lowest BCUT2D eigenvalue weighted by Crippen LogP contribution is -2.22. The van der Waals surface area contributed by atoms with E-state index in [1.54, 1.807) is 0 Å². The molecule has 0 heterocycles. The highest BCUT2D eigenvalue weighted by molar-refractivity contribution is 7.80. The van der Waals surface area contributed by atoms with Gasteiger partial charge in [0.15, 0.2) is 10.9 Å². The summed E-state index contributed by atoms with van der Waals surface area (Å²) >= 11 is 10.5. The number of benzene rings is 2. The summed E-state index contributed by atoms with van der Waals surface area (Å²) in [7, 11) is 0. The second kappa shape index (κ2) is 6.50. The predicted octanol–water partition coefficient (Wildman–Crippen LogP) is 5.31. The van der Waals surface area contributed by atoms with Crippen LogP contribution in [0.1, 0.15) is 5.56 Å². The van der Waals surface area contributed by atoms with E-state index in [-0.39, 0.29) is 21.5 Å². The molecule has 0 aliphatic carbocycles. The third-order valence-corrected chi connectivity index (χ3v) is 3.18. The Hall–Kier alpha value is -1.86. The lowest BCUT2D eigenvalue weighted by Gasteiger charge is -2.16. The molecule has 22 heavy (non-hydrogen) atoms. The van der Waals surface area contributed by atoms with E-state index in [1.165, 1.54) is 36.4 Å². The molecule has 0 fully saturated rings. The monoisotopic (exact) mass is 348 g/mol. The van der Waals surface area contributed by atoms with Gasteiger partial charge in [0.1, 0.15) is 0 Å². The van der Waals surface area contributed by atoms with Crippen LogP contribution in [0, 0.1) is 5.82 Å². The minimum absolute atomic E-state index is 0.0329. The first kappa shape index (κ1) is 16.5. The molecule has 116 valence electrons. The minimum atomic E-state index is -4.53. The van der Waals surface area contributed by atoms with Crippen molar-refractivity contribution in [1.29, 1.82) is 0 Å². The molecule has 2 aromatic rings. The van der Waals surface area contributed by atoms with Crippen molar-refractivity contribution in [2.45, 2.75) is 6.18 Å². The van der Waals surface area contributed by atoms with Crippen molar-refractivity contribution in [2.24, 2.45) is 0 Å². The highest BCUT2D eigenvalue weighted by atomic mass is 35.5. The van der Waals surface area contributed by atoms with Crippen molar-refractivity contribution in [1.82, 2.24) is 0 Å². The molecule has 0 unspecified atom stereocenters. The lowest BCUT2D eigenvalue weighted by molar-refractivity contribution is -0.136. The molecule has 2 nitrogen and oxygen atoms in total. The largest absolute Gasteiger partial charge is 0.418 e. The molecular weight excluding hydrogens is 340 g/mol. The standard InChI is InChI=1S/C14H9ClF4N2S/c15-9-5-3-7-11(12(9)16)21-13(22)20-10-6-2-1-4-8(10)14(17,18)19/h1-7H,(H2,20,21,22). The minimum Gasteiger partial charge on any atom is -0.332 e. The molecule has 0 aromatic heterocycles. The highest BCUT2D eigenvalue weighted by Crippen LogP contribution is 2.34. The number of anilines is 2. The lowest BCUT2D eigenvalue weighted by atomic mass is 10.1. The van der Waals surface area contributed by atoms with E-state index in [0.29, 0.717) is 0 Å². The van der Waals surface area contributed by atoms with Gasteiger partial charge in [0.05, 0.1) is 22.0 Å². The summed E-state index contributed by atoms with van der Waals surface area (Å²) in [6.07, 6.45) is -4.53. The number of thiocarbonyl (C=S) groups is 1. The fraction of sp³-hybridized carbons (Fsp3) is 0.0714. The van der Waals surface area contributed by atoms with Gasteiger partial charge in [-0.15, -0.1) is 0 Å². The average Bonchev–Trinajstić information content (AvgIpc) is 2.43. The first-order valence-electron chi connectivity index (χ1n) is 5.97. The Morgan fingerprint density at radius 2 is 1.55 bits per heavy atom. The molecular formula is C14H9ClF4N2S. The average molecular weight is 349 g/mol. The van der Waals surface area contributed by atoms with Crippen LogP contribution in [0.3, 0.4) is 0 Å². The summed E-state index contributed by atoms with van der Waals surface area (Å²) in [5.41, 5.74) is -1.13. The van der Waals surface area contributed by atoms with Gasteiger partial charge < -0.3 is 10.6 Å². The van der Waals surface area contributed by atoms with Gasteiger partial charge in [-0.1, -0.05) is 29.8 Å². The zero-order valence-electron chi connectivity index (χ0n) is 10.8. The summed E-state index contributed by atoms with van der Waals surface area (Å²) in [5.74, 6) is -0.738. The number of para-hydroxylation sites is 1. The smallest absolute Gasteiger partial charge is 0.332 e. The number of hydrogen-bond donors (Lipinski definition) is 2. The van der Waals surface area contributed by atoms with E-state index < -0.39 is 17.6 Å². The fourth-order valence-electron chi connectivity index (χ4n) is 1.72. The van der Waals surface area contributed by atoms with Crippen LogP contribution in [-0.4, -0.2) is 5.11 Å². The number of hydrogen-bond acceptors (Lipinski definition) is 1. The van der Waals surface area contributed by atoms with Crippen molar-refractivity contribution in [3.05, 3.63) is 58.9 Å². The number of halogens is 5. The molecule has 0 spiro atoms. The molecule has 0 atom stereocenters. The maximum Gasteiger partial charge on any atom is 0.418 e. The van der Waals surface area contributed by atoms with Crippen molar-refractivity contribution >= 4 is 40.3 Å². The van der Waals surface area contributed by atoms with E-state index in [9.17, 15) is 17.6 Å². The number of nitrogens with one attached hydrogen (secondary N) is 2. The Balaban J connectivity index is 2.18. The van der Waals surface area contributed by atoms with Crippen LogP contribution in [0.2, 0.25) is 5.02 Å². The maximum atomic E-state index is 13.7. The number of alkyl halides is 3. The zero-order chi connectivity index (χ0) is 16.3. The topological polar surface area (TPSA) is 24.1 Å². The highest BCUT2D eigenvalue weighted by Gasteiger charge is 2.33. The van der Waals surface area contributed by atoms with Gasteiger partial charge in [-0.25, -0.2) is 4.39 Å². The van der Waals surface area contributed by atoms with Gasteiger partial charge in [-0.05, 0) is 36.5 Å². The Morgan fingerprint density at radius 1 is 0.955 bits per heavy atom. The Bertz CT molecular complexity index is 703. The fourth-order valence-corrected chi connectivity index (χ4v) is 2.11. The number of rotatable bonds is 2. The van der Waals surface area contributed by atoms with Crippen LogP contribution in [0.4, 0.5) is 28.9 Å². The molecule has 2 aromatic carbocycles. The van der Waals surface area contributed by atoms with Crippen LogP contribution < -0.4 is 10.6 Å². The summed E-state index contributed by atoms with van der Waals surface area (Å²) < 4.78 is 52.3. The van der Waals surface area contributed by atoms with Crippen molar-refractivity contribution in [2.75, 3.05) is 10.6 Å². The molecule has 0 saturated heterocycles. The van der Waals surface area contributed by atoms with Crippen LogP contribution in [0.15, 0.2) is 42.5 Å². The quantitative estimate of drug-likeness (QED) is 0.568. The second-order valence-corrected chi connectivity index (χ2v) is 5.04. The summed E-state index contributed by atoms with van der Waals surface area (Å²) in [4.78, 5) is 0. The normalized spacial score (nSPS) is 11.1. The van der Waals surface area contributed by atoms with Gasteiger partial charge in [-0.2, -0.15) is 13.2 Å².